The number of hydrazone groups is 1. The van der Waals surface area contributed by atoms with Gasteiger partial charge < -0.3 is 15.2 Å². The molecule has 7 nitrogen and oxygen atoms in total. The van der Waals surface area contributed by atoms with Crippen molar-refractivity contribution in [3.05, 3.63) is 0 Å². The van der Waals surface area contributed by atoms with Crippen molar-refractivity contribution in [1.29, 1.82) is 0 Å². The van der Waals surface area contributed by atoms with Crippen LogP contribution in [0.25, 0.3) is 0 Å². The summed E-state index contributed by atoms with van der Waals surface area (Å²) in [5.74, 6) is -0.237. The van der Waals surface area contributed by atoms with E-state index in [4.69, 9.17) is 15.2 Å². The van der Waals surface area contributed by atoms with Gasteiger partial charge in [0.1, 0.15) is 6.10 Å². The highest BCUT2D eigenvalue weighted by molar-refractivity contribution is 5.98. The largest absolute Gasteiger partial charge is 0.469 e. The number of rotatable bonds is 5. The normalized spacial score (nSPS) is 33.4. The van der Waals surface area contributed by atoms with Crippen LogP contribution in [-0.4, -0.2) is 37.0 Å². The van der Waals surface area contributed by atoms with Crippen LogP contribution in [0.4, 0.5) is 4.79 Å². The number of primary amides is 1. The van der Waals surface area contributed by atoms with Gasteiger partial charge >= 0.3 is 12.0 Å². The van der Waals surface area contributed by atoms with Gasteiger partial charge in [0.15, 0.2) is 0 Å². The molecule has 112 valence electrons. The number of ether oxygens (including phenoxy) is 2. The van der Waals surface area contributed by atoms with Crippen LogP contribution >= 0.6 is 0 Å². The molecule has 3 N–H and O–H groups in total. The van der Waals surface area contributed by atoms with Crippen molar-refractivity contribution in [2.75, 3.05) is 7.11 Å². The molecule has 2 rings (SSSR count). The van der Waals surface area contributed by atoms with Crippen LogP contribution in [0.5, 0.6) is 0 Å². The average Bonchev–Trinajstić information content (AvgIpc) is 3.21. The van der Waals surface area contributed by atoms with Crippen molar-refractivity contribution in [1.82, 2.24) is 5.43 Å². The minimum Gasteiger partial charge on any atom is -0.469 e. The molecule has 0 spiro atoms. The molecule has 1 aliphatic heterocycles. The topological polar surface area (TPSA) is 106 Å². The monoisotopic (exact) mass is 283 g/mol. The lowest BCUT2D eigenvalue weighted by Crippen LogP contribution is -2.41. The number of nitrogens with one attached hydrogen (secondary N) is 1. The summed E-state index contributed by atoms with van der Waals surface area (Å²) in [6.07, 6.45) is 3.79. The van der Waals surface area contributed by atoms with E-state index in [1.54, 1.807) is 0 Å². The van der Waals surface area contributed by atoms with Crippen LogP contribution < -0.4 is 11.2 Å². The minimum absolute atomic E-state index is 0.0480. The van der Waals surface area contributed by atoms with E-state index >= 15 is 0 Å². The number of epoxide rings is 1. The molecule has 0 bridgehead atoms. The summed E-state index contributed by atoms with van der Waals surface area (Å²) in [6.45, 7) is 2.06. The Hall–Kier alpha value is -1.63. The molecule has 2 aliphatic rings. The lowest BCUT2D eigenvalue weighted by atomic mass is 9.68. The van der Waals surface area contributed by atoms with Crippen LogP contribution in [0.1, 0.15) is 39.0 Å². The Morgan fingerprint density at radius 1 is 1.60 bits per heavy atom. The summed E-state index contributed by atoms with van der Waals surface area (Å²) in [5, 5.41) is 4.15. The number of methoxy groups -OCH3 is 1. The molecule has 2 amide bonds. The van der Waals surface area contributed by atoms with E-state index in [2.05, 4.69) is 17.5 Å². The molecule has 1 saturated carbocycles. The maximum atomic E-state index is 11.4. The standard InChI is InChI=1S/C13H21N3O4/c1-3-13(7-5-9(17)19-2)6-4-8-10(20-8)11(13)15-16-12(14)18/h8,10H,3-7H2,1-2H3,(H3,14,16,18)/b15-11+/t8?,10?,13-/m1/s1. The predicted octanol–water partition coefficient (Wildman–Crippen LogP) is 0.921. The smallest absolute Gasteiger partial charge is 0.332 e. The number of carbonyl (C=O) groups excluding carboxylic acids is 2. The maximum absolute atomic E-state index is 11.4. The summed E-state index contributed by atoms with van der Waals surface area (Å²) >= 11 is 0. The second-order valence-electron chi connectivity index (χ2n) is 5.32. The Morgan fingerprint density at radius 3 is 2.95 bits per heavy atom. The molecule has 3 atom stereocenters. The number of urea groups is 1. The fourth-order valence-corrected chi connectivity index (χ4v) is 2.98. The van der Waals surface area contributed by atoms with Crippen molar-refractivity contribution in [3.63, 3.8) is 0 Å². The third-order valence-corrected chi connectivity index (χ3v) is 4.30. The summed E-state index contributed by atoms with van der Waals surface area (Å²) in [6, 6.07) is -0.696. The molecule has 2 unspecified atom stereocenters. The first-order valence-electron chi connectivity index (χ1n) is 6.88. The number of fused-ring (bicyclic) bond motifs is 1. The van der Waals surface area contributed by atoms with Gasteiger partial charge in [-0.1, -0.05) is 6.92 Å². The minimum atomic E-state index is -0.696. The zero-order valence-corrected chi connectivity index (χ0v) is 11.8. The van der Waals surface area contributed by atoms with Crippen molar-refractivity contribution < 1.29 is 19.1 Å². The highest BCUT2D eigenvalue weighted by Crippen LogP contribution is 2.48. The summed E-state index contributed by atoms with van der Waals surface area (Å²) in [4.78, 5) is 22.3. The Morgan fingerprint density at radius 2 is 2.35 bits per heavy atom. The van der Waals surface area contributed by atoms with Crippen molar-refractivity contribution in [2.45, 2.75) is 51.2 Å². The lowest BCUT2D eigenvalue weighted by Gasteiger charge is -2.35. The Balaban J connectivity index is 2.15. The SMILES string of the molecule is CC[C@]1(CCC(=O)OC)CCC2OC2/C1=N\NC(N)=O. The third-order valence-electron chi connectivity index (χ3n) is 4.30. The van der Waals surface area contributed by atoms with Crippen LogP contribution in [0, 0.1) is 5.41 Å². The molecule has 2 fully saturated rings. The van der Waals surface area contributed by atoms with Crippen LogP contribution in [0.15, 0.2) is 5.10 Å². The lowest BCUT2D eigenvalue weighted by molar-refractivity contribution is -0.141. The number of amides is 2. The molecule has 1 heterocycles. The summed E-state index contributed by atoms with van der Waals surface area (Å²) < 4.78 is 10.3. The van der Waals surface area contributed by atoms with Gasteiger partial charge in [0.05, 0.1) is 18.9 Å². The first-order chi connectivity index (χ1) is 9.52. The molecular formula is C13H21N3O4. The van der Waals surface area contributed by atoms with Crippen molar-refractivity contribution in [3.8, 4) is 0 Å². The van der Waals surface area contributed by atoms with Gasteiger partial charge in [0.2, 0.25) is 0 Å². The van der Waals surface area contributed by atoms with Gasteiger partial charge in [0, 0.05) is 11.8 Å². The molecule has 0 radical (unpaired) electrons. The summed E-state index contributed by atoms with van der Waals surface area (Å²) in [7, 11) is 1.38. The zero-order chi connectivity index (χ0) is 14.8. The second-order valence-corrected chi connectivity index (χ2v) is 5.32. The second kappa shape index (κ2) is 5.78. The van der Waals surface area contributed by atoms with Crippen LogP contribution in [-0.2, 0) is 14.3 Å². The number of hydrogen-bond donors (Lipinski definition) is 2. The van der Waals surface area contributed by atoms with E-state index < -0.39 is 6.03 Å². The number of nitrogens with zero attached hydrogens (tertiary/aromatic N) is 1. The Labute approximate surface area is 117 Å². The molecule has 1 aliphatic carbocycles. The highest BCUT2D eigenvalue weighted by Gasteiger charge is 2.55. The molecular weight excluding hydrogens is 262 g/mol. The van der Waals surface area contributed by atoms with Gasteiger partial charge in [-0.2, -0.15) is 5.10 Å². The summed E-state index contributed by atoms with van der Waals surface area (Å²) in [5.41, 5.74) is 7.94. The van der Waals surface area contributed by atoms with E-state index in [9.17, 15) is 9.59 Å². The van der Waals surface area contributed by atoms with Gasteiger partial charge in [-0.05, 0) is 25.7 Å². The van der Waals surface area contributed by atoms with E-state index in [0.29, 0.717) is 12.8 Å². The fourth-order valence-electron chi connectivity index (χ4n) is 2.98. The van der Waals surface area contributed by atoms with E-state index in [-0.39, 0.29) is 23.6 Å². The predicted molar refractivity (Wildman–Crippen MR) is 72.0 cm³/mol. The first kappa shape index (κ1) is 14.8. The van der Waals surface area contributed by atoms with E-state index in [1.165, 1.54) is 7.11 Å². The first-order valence-corrected chi connectivity index (χ1v) is 6.88. The van der Waals surface area contributed by atoms with Gasteiger partial charge in [-0.3, -0.25) is 4.79 Å². The number of nitrogens with two attached hydrogens (primary N) is 1. The van der Waals surface area contributed by atoms with Gasteiger partial charge in [-0.15, -0.1) is 0 Å². The van der Waals surface area contributed by atoms with Crippen molar-refractivity contribution in [2.24, 2.45) is 16.3 Å². The van der Waals surface area contributed by atoms with Gasteiger partial charge in [0.25, 0.3) is 0 Å². The average molecular weight is 283 g/mol. The number of hydrogen-bond acceptors (Lipinski definition) is 5. The fraction of sp³-hybridized carbons (Fsp3) is 0.769. The maximum Gasteiger partial charge on any atom is 0.332 e. The molecule has 0 aromatic carbocycles. The Kier molecular flexibility index (Phi) is 4.27. The van der Waals surface area contributed by atoms with Gasteiger partial charge in [-0.25, -0.2) is 10.2 Å². The quantitative estimate of drug-likeness (QED) is 0.444. The molecule has 7 heteroatoms. The third kappa shape index (κ3) is 2.92. The van der Waals surface area contributed by atoms with E-state index in [0.717, 1.165) is 25.0 Å². The van der Waals surface area contributed by atoms with E-state index in [1.807, 2.05) is 0 Å². The number of carbonyl (C=O) groups is 2. The Bertz CT molecular complexity index is 437. The zero-order valence-electron chi connectivity index (χ0n) is 11.8. The molecule has 1 saturated heterocycles. The van der Waals surface area contributed by atoms with Crippen LogP contribution in [0.2, 0.25) is 0 Å². The molecule has 0 aromatic heterocycles. The van der Waals surface area contributed by atoms with Crippen molar-refractivity contribution >= 4 is 17.7 Å². The van der Waals surface area contributed by atoms with Crippen LogP contribution in [0.3, 0.4) is 0 Å². The highest BCUT2D eigenvalue weighted by atomic mass is 16.6. The number of esters is 1. The molecule has 0 aromatic rings. The molecule has 20 heavy (non-hydrogen) atoms.